The van der Waals surface area contributed by atoms with Gasteiger partial charge in [-0.15, -0.1) is 0 Å². The SMILES string of the molecule is COc1ccccc1NC(=O)C1CCCN(S(=O)(=O)c2c(C)cc(C)cc2C)C1. The Labute approximate surface area is 172 Å². The summed E-state index contributed by atoms with van der Waals surface area (Å²) >= 11 is 0. The van der Waals surface area contributed by atoms with Crippen LogP contribution in [0, 0.1) is 26.7 Å². The van der Waals surface area contributed by atoms with E-state index in [1.54, 1.807) is 19.2 Å². The highest BCUT2D eigenvalue weighted by Crippen LogP contribution is 2.30. The smallest absolute Gasteiger partial charge is 0.243 e. The zero-order valence-electron chi connectivity index (χ0n) is 17.4. The van der Waals surface area contributed by atoms with Crippen molar-refractivity contribution < 1.29 is 17.9 Å². The van der Waals surface area contributed by atoms with Gasteiger partial charge in [0, 0.05) is 13.1 Å². The zero-order valence-corrected chi connectivity index (χ0v) is 18.2. The van der Waals surface area contributed by atoms with Crippen molar-refractivity contribution in [3.8, 4) is 5.75 Å². The van der Waals surface area contributed by atoms with Crippen LogP contribution in [0.2, 0.25) is 0 Å². The molecular weight excluding hydrogens is 388 g/mol. The van der Waals surface area contributed by atoms with Crippen LogP contribution in [0.15, 0.2) is 41.3 Å². The molecule has 0 saturated carbocycles. The maximum atomic E-state index is 13.3. The molecule has 1 N–H and O–H groups in total. The number of carbonyl (C=O) groups is 1. The first kappa shape index (κ1) is 21.3. The average molecular weight is 417 g/mol. The molecule has 1 unspecified atom stereocenters. The molecule has 1 amide bonds. The average Bonchev–Trinajstić information content (AvgIpc) is 2.67. The number of aryl methyl sites for hydroxylation is 3. The summed E-state index contributed by atoms with van der Waals surface area (Å²) in [4.78, 5) is 13.2. The number of benzene rings is 2. The third kappa shape index (κ3) is 4.46. The molecule has 0 radical (unpaired) electrons. The highest BCUT2D eigenvalue weighted by Gasteiger charge is 2.35. The van der Waals surface area contributed by atoms with Gasteiger partial charge >= 0.3 is 0 Å². The highest BCUT2D eigenvalue weighted by molar-refractivity contribution is 7.89. The van der Waals surface area contributed by atoms with Crippen LogP contribution in [0.25, 0.3) is 0 Å². The number of hydrogen-bond acceptors (Lipinski definition) is 4. The fraction of sp³-hybridized carbons (Fsp3) is 0.409. The molecule has 3 rings (SSSR count). The van der Waals surface area contributed by atoms with E-state index in [-0.39, 0.29) is 12.5 Å². The molecule has 2 aromatic rings. The van der Waals surface area contributed by atoms with Gasteiger partial charge in [-0.25, -0.2) is 8.42 Å². The fourth-order valence-corrected chi connectivity index (χ4v) is 6.00. The van der Waals surface area contributed by atoms with Crippen molar-refractivity contribution >= 4 is 21.6 Å². The van der Waals surface area contributed by atoms with Gasteiger partial charge in [-0.2, -0.15) is 4.31 Å². The van der Waals surface area contributed by atoms with Crippen LogP contribution in [0.3, 0.4) is 0 Å². The van der Waals surface area contributed by atoms with E-state index < -0.39 is 15.9 Å². The Morgan fingerprint density at radius 1 is 1.14 bits per heavy atom. The summed E-state index contributed by atoms with van der Waals surface area (Å²) in [6.07, 6.45) is 1.30. The van der Waals surface area contributed by atoms with Crippen LogP contribution >= 0.6 is 0 Å². The van der Waals surface area contributed by atoms with Gasteiger partial charge in [-0.3, -0.25) is 4.79 Å². The first-order chi connectivity index (χ1) is 13.7. The third-order valence-electron chi connectivity index (χ3n) is 5.32. The van der Waals surface area contributed by atoms with Crippen LogP contribution in [-0.4, -0.2) is 38.8 Å². The molecule has 0 aromatic heterocycles. The van der Waals surface area contributed by atoms with E-state index in [0.29, 0.717) is 35.7 Å². The second kappa shape index (κ2) is 8.55. The molecule has 0 bridgehead atoms. The fourth-order valence-electron chi connectivity index (χ4n) is 4.06. The number of methoxy groups -OCH3 is 1. The lowest BCUT2D eigenvalue weighted by Gasteiger charge is -2.32. The second-order valence-electron chi connectivity index (χ2n) is 7.62. The van der Waals surface area contributed by atoms with Gasteiger partial charge in [0.05, 0.1) is 23.6 Å². The maximum absolute atomic E-state index is 13.3. The first-order valence-electron chi connectivity index (χ1n) is 9.76. The van der Waals surface area contributed by atoms with Crippen LogP contribution in [0.4, 0.5) is 5.69 Å². The summed E-state index contributed by atoms with van der Waals surface area (Å²) in [6.45, 7) is 6.20. The Hall–Kier alpha value is -2.38. The van der Waals surface area contributed by atoms with Crippen molar-refractivity contribution in [1.29, 1.82) is 0 Å². The largest absolute Gasteiger partial charge is 0.495 e. The van der Waals surface area contributed by atoms with Gasteiger partial charge in [0.15, 0.2) is 0 Å². The van der Waals surface area contributed by atoms with E-state index in [1.807, 2.05) is 45.0 Å². The lowest BCUT2D eigenvalue weighted by molar-refractivity contribution is -0.120. The molecule has 1 fully saturated rings. The number of para-hydroxylation sites is 2. The number of nitrogens with one attached hydrogen (secondary N) is 1. The van der Waals surface area contributed by atoms with Gasteiger partial charge in [0.1, 0.15) is 5.75 Å². The van der Waals surface area contributed by atoms with E-state index in [4.69, 9.17) is 4.74 Å². The Morgan fingerprint density at radius 2 is 1.79 bits per heavy atom. The van der Waals surface area contributed by atoms with E-state index in [9.17, 15) is 13.2 Å². The van der Waals surface area contributed by atoms with Gasteiger partial charge in [-0.1, -0.05) is 29.8 Å². The molecule has 0 spiro atoms. The van der Waals surface area contributed by atoms with Gasteiger partial charge in [0.25, 0.3) is 0 Å². The van der Waals surface area contributed by atoms with Gasteiger partial charge in [-0.05, 0) is 56.9 Å². The number of carbonyl (C=O) groups excluding carboxylic acids is 1. The third-order valence-corrected chi connectivity index (χ3v) is 7.49. The second-order valence-corrected chi connectivity index (χ2v) is 9.49. The zero-order chi connectivity index (χ0) is 21.2. The molecule has 7 heteroatoms. The molecule has 29 heavy (non-hydrogen) atoms. The number of anilines is 1. The van der Waals surface area contributed by atoms with Crippen molar-refractivity contribution in [3.05, 3.63) is 53.1 Å². The lowest BCUT2D eigenvalue weighted by atomic mass is 9.98. The van der Waals surface area contributed by atoms with Crippen LogP contribution in [0.1, 0.15) is 29.5 Å². The number of amides is 1. The molecule has 156 valence electrons. The van der Waals surface area contributed by atoms with E-state index in [2.05, 4.69) is 5.32 Å². The van der Waals surface area contributed by atoms with Crippen LogP contribution in [0.5, 0.6) is 5.75 Å². The van der Waals surface area contributed by atoms with Gasteiger partial charge < -0.3 is 10.1 Å². The Balaban J connectivity index is 1.81. The minimum Gasteiger partial charge on any atom is -0.495 e. The molecule has 1 aliphatic heterocycles. The Morgan fingerprint density at radius 3 is 2.45 bits per heavy atom. The molecular formula is C22H28N2O4S. The first-order valence-corrected chi connectivity index (χ1v) is 11.2. The molecule has 0 aliphatic carbocycles. The molecule has 1 atom stereocenters. The Kier molecular flexibility index (Phi) is 6.29. The highest BCUT2D eigenvalue weighted by atomic mass is 32.2. The van der Waals surface area contributed by atoms with E-state index in [0.717, 1.165) is 16.7 Å². The van der Waals surface area contributed by atoms with E-state index >= 15 is 0 Å². The number of rotatable bonds is 5. The number of piperidine rings is 1. The Bertz CT molecular complexity index is 994. The van der Waals surface area contributed by atoms with Gasteiger partial charge in [0.2, 0.25) is 15.9 Å². The topological polar surface area (TPSA) is 75.7 Å². The normalized spacial score (nSPS) is 17.7. The van der Waals surface area contributed by atoms with E-state index in [1.165, 1.54) is 4.31 Å². The number of nitrogens with zero attached hydrogens (tertiary/aromatic N) is 1. The number of ether oxygens (including phenoxy) is 1. The van der Waals surface area contributed by atoms with Crippen molar-refractivity contribution in [2.75, 3.05) is 25.5 Å². The predicted molar refractivity (Wildman–Crippen MR) is 114 cm³/mol. The molecule has 1 heterocycles. The van der Waals surface area contributed by atoms with Crippen molar-refractivity contribution in [2.24, 2.45) is 5.92 Å². The van der Waals surface area contributed by atoms with Crippen molar-refractivity contribution in [3.63, 3.8) is 0 Å². The standard InChI is InChI=1S/C22H28N2O4S/c1-15-12-16(2)21(17(3)13-15)29(26,27)24-11-7-8-18(14-24)22(25)23-19-9-5-6-10-20(19)28-4/h5-6,9-10,12-13,18H,7-8,11,14H2,1-4H3,(H,23,25). The monoisotopic (exact) mass is 416 g/mol. The summed E-state index contributed by atoms with van der Waals surface area (Å²) in [5, 5.41) is 2.89. The van der Waals surface area contributed by atoms with Crippen LogP contribution < -0.4 is 10.1 Å². The number of hydrogen-bond donors (Lipinski definition) is 1. The predicted octanol–water partition coefficient (Wildman–Crippen LogP) is 3.66. The summed E-state index contributed by atoms with van der Waals surface area (Å²) < 4.78 is 33.4. The molecule has 1 saturated heterocycles. The molecule has 2 aromatic carbocycles. The minimum atomic E-state index is -3.66. The quantitative estimate of drug-likeness (QED) is 0.807. The molecule has 1 aliphatic rings. The van der Waals surface area contributed by atoms with Crippen LogP contribution in [-0.2, 0) is 14.8 Å². The summed E-state index contributed by atoms with van der Waals surface area (Å²) in [6, 6.07) is 11.0. The maximum Gasteiger partial charge on any atom is 0.243 e. The summed E-state index contributed by atoms with van der Waals surface area (Å²) in [5.41, 5.74) is 3.10. The molecule has 6 nitrogen and oxygen atoms in total. The minimum absolute atomic E-state index is 0.177. The summed E-state index contributed by atoms with van der Waals surface area (Å²) in [7, 11) is -2.12. The summed E-state index contributed by atoms with van der Waals surface area (Å²) in [5.74, 6) is -0.0201. The lowest BCUT2D eigenvalue weighted by Crippen LogP contribution is -2.44. The van der Waals surface area contributed by atoms with Crippen molar-refractivity contribution in [2.45, 2.75) is 38.5 Å². The number of sulfonamides is 1. The van der Waals surface area contributed by atoms with Crippen molar-refractivity contribution in [1.82, 2.24) is 4.31 Å².